The Morgan fingerprint density at radius 1 is 0.833 bits per heavy atom. The molecular weight excluding hydrogens is 168 g/mol. The van der Waals surface area contributed by atoms with Crippen LogP contribution < -0.4 is 0 Å². The molecule has 0 bridgehead atoms. The molecule has 1 nitrogen and oxygen atoms in total. The first-order chi connectivity index (χ1) is 4.97. The van der Waals surface area contributed by atoms with Gasteiger partial charge in [0, 0.05) is 70.7 Å². The van der Waals surface area contributed by atoms with Gasteiger partial charge in [0.15, 0.2) is 0 Å². The molecule has 0 aliphatic carbocycles. The van der Waals surface area contributed by atoms with Gasteiger partial charge in [0.2, 0.25) is 0 Å². The van der Waals surface area contributed by atoms with E-state index in [1.54, 1.807) is 0 Å². The molecule has 50 valence electrons. The predicted molar refractivity (Wildman–Crippen MR) is 53.3 cm³/mol. The van der Waals surface area contributed by atoms with Crippen molar-refractivity contribution in [3.05, 3.63) is 42.6 Å². The Morgan fingerprint density at radius 2 is 1.50 bits per heavy atom. The molecule has 2 aromatic rings. The molecule has 1 aromatic carbocycles. The van der Waals surface area contributed by atoms with Crippen LogP contribution in [-0.4, -0.2) is 64.1 Å². The second kappa shape index (κ2) is 6.14. The van der Waals surface area contributed by atoms with Crippen LogP contribution in [0.2, 0.25) is 0 Å². The van der Waals surface area contributed by atoms with Gasteiger partial charge in [-0.15, -0.1) is 0 Å². The molecule has 0 N–H and O–H groups in total. The number of hydrogen-bond donors (Lipinski definition) is 0. The molecule has 0 fully saturated rings. The van der Waals surface area contributed by atoms with Gasteiger partial charge in [-0.05, 0) is 12.1 Å². The fraction of sp³-hybridized carbons (Fsp3) is 0. The third kappa shape index (κ3) is 2.84. The average molecular weight is 175 g/mol. The van der Waals surface area contributed by atoms with E-state index >= 15 is 0 Å². The number of para-hydroxylation sites is 1. The van der Waals surface area contributed by atoms with Crippen LogP contribution in [0.4, 0.5) is 0 Å². The minimum atomic E-state index is 0. The van der Waals surface area contributed by atoms with Gasteiger partial charge in [-0.2, -0.15) is 0 Å². The first-order valence-corrected chi connectivity index (χ1v) is 3.26. The summed E-state index contributed by atoms with van der Waals surface area (Å²) in [6, 6.07) is 12.1. The van der Waals surface area contributed by atoms with Crippen LogP contribution in [0.1, 0.15) is 0 Å². The summed E-state index contributed by atoms with van der Waals surface area (Å²) in [5, 5.41) is 1.20. The van der Waals surface area contributed by atoms with E-state index in [1.807, 2.05) is 30.5 Å². The number of pyridine rings is 1. The second-order valence-corrected chi connectivity index (χ2v) is 2.20. The van der Waals surface area contributed by atoms with Gasteiger partial charge in [-0.1, -0.05) is 24.3 Å². The summed E-state index contributed by atoms with van der Waals surface area (Å²) < 4.78 is 0. The quantitative estimate of drug-likeness (QED) is 0.552. The van der Waals surface area contributed by atoms with E-state index in [4.69, 9.17) is 0 Å². The fourth-order valence-corrected chi connectivity index (χ4v) is 1.02. The maximum Gasteiger partial charge on any atom is 0.0701 e. The van der Waals surface area contributed by atoms with Gasteiger partial charge >= 0.3 is 0 Å². The maximum absolute atomic E-state index is 4.18. The molecular formula is C9H7NNa2. The summed E-state index contributed by atoms with van der Waals surface area (Å²) >= 11 is 0. The van der Waals surface area contributed by atoms with Crippen LogP contribution in [-0.2, 0) is 0 Å². The Bertz CT molecular complexity index is 284. The van der Waals surface area contributed by atoms with E-state index in [-0.39, 0.29) is 59.1 Å². The number of fused-ring (bicyclic) bond motifs is 1. The zero-order chi connectivity index (χ0) is 6.81. The summed E-state index contributed by atoms with van der Waals surface area (Å²) in [6.07, 6.45) is 1.81. The van der Waals surface area contributed by atoms with Crippen LogP contribution in [0.3, 0.4) is 0 Å². The van der Waals surface area contributed by atoms with E-state index in [0.29, 0.717) is 0 Å². The van der Waals surface area contributed by atoms with E-state index < -0.39 is 0 Å². The summed E-state index contributed by atoms with van der Waals surface area (Å²) in [7, 11) is 0. The molecule has 12 heavy (non-hydrogen) atoms. The number of nitrogens with zero attached hydrogens (tertiary/aromatic N) is 1. The normalized spacial score (nSPS) is 8.33. The van der Waals surface area contributed by atoms with E-state index in [9.17, 15) is 0 Å². The van der Waals surface area contributed by atoms with E-state index in [1.165, 1.54) is 5.39 Å². The largest absolute Gasteiger partial charge is 0.256 e. The smallest absolute Gasteiger partial charge is 0.0701 e. The van der Waals surface area contributed by atoms with Gasteiger partial charge < -0.3 is 0 Å². The van der Waals surface area contributed by atoms with Gasteiger partial charge in [-0.3, -0.25) is 4.98 Å². The Kier molecular flexibility index (Phi) is 6.46. The second-order valence-electron chi connectivity index (χ2n) is 2.20. The Labute approximate surface area is 116 Å². The standard InChI is InChI=1S/C9H7N.2Na/c1-2-6-9-8(4-1)5-3-7-10-9;;/h1-7H;;. The molecule has 0 saturated heterocycles. The first-order valence-electron chi connectivity index (χ1n) is 3.26. The average Bonchev–Trinajstić information content (AvgIpc) is 2.05. The molecule has 2 rings (SSSR count). The van der Waals surface area contributed by atoms with Crippen molar-refractivity contribution in [2.24, 2.45) is 0 Å². The summed E-state index contributed by atoms with van der Waals surface area (Å²) in [4.78, 5) is 4.18. The zero-order valence-electron chi connectivity index (χ0n) is 7.49. The van der Waals surface area contributed by atoms with Crippen molar-refractivity contribution in [3.8, 4) is 0 Å². The van der Waals surface area contributed by atoms with Gasteiger partial charge in [0.05, 0.1) is 5.52 Å². The fourth-order valence-electron chi connectivity index (χ4n) is 1.02. The Balaban J connectivity index is 0.000000605. The monoisotopic (exact) mass is 175 g/mol. The van der Waals surface area contributed by atoms with Gasteiger partial charge in [0.1, 0.15) is 0 Å². The molecule has 2 radical (unpaired) electrons. The molecule has 3 heteroatoms. The van der Waals surface area contributed by atoms with Crippen molar-refractivity contribution in [1.29, 1.82) is 0 Å². The molecule has 1 aromatic heterocycles. The van der Waals surface area contributed by atoms with Crippen molar-refractivity contribution in [2.75, 3.05) is 0 Å². The Hall–Kier alpha value is 0.630. The molecule has 1 heterocycles. The molecule has 0 unspecified atom stereocenters. The molecule has 0 spiro atoms. The van der Waals surface area contributed by atoms with Crippen molar-refractivity contribution in [2.45, 2.75) is 0 Å². The number of hydrogen-bond acceptors (Lipinski definition) is 1. The Morgan fingerprint density at radius 3 is 2.25 bits per heavy atom. The molecule has 0 aliphatic heterocycles. The van der Waals surface area contributed by atoms with Gasteiger partial charge in [-0.25, -0.2) is 0 Å². The minimum absolute atomic E-state index is 0. The first kappa shape index (κ1) is 12.6. The third-order valence-corrected chi connectivity index (χ3v) is 1.51. The SMILES string of the molecule is [Na].[Na].c1ccc2ncccc2c1. The van der Waals surface area contributed by atoms with Crippen LogP contribution in [0.15, 0.2) is 42.6 Å². The van der Waals surface area contributed by atoms with Gasteiger partial charge in [0.25, 0.3) is 0 Å². The molecule has 0 aliphatic rings. The summed E-state index contributed by atoms with van der Waals surface area (Å²) in [5.41, 5.74) is 1.06. The minimum Gasteiger partial charge on any atom is -0.256 e. The van der Waals surface area contributed by atoms with E-state index in [0.717, 1.165) is 5.52 Å². The molecule has 0 amide bonds. The van der Waals surface area contributed by atoms with Crippen LogP contribution in [0.25, 0.3) is 10.9 Å². The number of rotatable bonds is 0. The third-order valence-electron chi connectivity index (χ3n) is 1.51. The van der Waals surface area contributed by atoms with Crippen molar-refractivity contribution in [1.82, 2.24) is 4.98 Å². The van der Waals surface area contributed by atoms with Crippen molar-refractivity contribution >= 4 is 70.0 Å². The topological polar surface area (TPSA) is 12.9 Å². The van der Waals surface area contributed by atoms with Crippen molar-refractivity contribution in [3.63, 3.8) is 0 Å². The number of benzene rings is 1. The summed E-state index contributed by atoms with van der Waals surface area (Å²) in [6.45, 7) is 0. The molecule has 0 atom stereocenters. The summed E-state index contributed by atoms with van der Waals surface area (Å²) in [5.74, 6) is 0. The van der Waals surface area contributed by atoms with Crippen LogP contribution in [0.5, 0.6) is 0 Å². The van der Waals surface area contributed by atoms with E-state index in [2.05, 4.69) is 17.1 Å². The zero-order valence-corrected chi connectivity index (χ0v) is 11.5. The van der Waals surface area contributed by atoms with Crippen LogP contribution >= 0.6 is 0 Å². The maximum atomic E-state index is 4.18. The van der Waals surface area contributed by atoms with Crippen molar-refractivity contribution < 1.29 is 0 Å². The number of aromatic nitrogens is 1. The van der Waals surface area contributed by atoms with Crippen LogP contribution in [0, 0.1) is 0 Å². The predicted octanol–water partition coefficient (Wildman–Crippen LogP) is 1.47. The molecule has 0 saturated carbocycles.